The van der Waals surface area contributed by atoms with E-state index in [1.165, 1.54) is 41.0 Å². The minimum atomic E-state index is -0.117. The predicted molar refractivity (Wildman–Crippen MR) is 120 cm³/mol. The Morgan fingerprint density at radius 1 is 1.06 bits per heavy atom. The maximum Gasteiger partial charge on any atom is 0.289 e. The number of pyridine rings is 1. The lowest BCUT2D eigenvalue weighted by molar-refractivity contribution is -0.129. The van der Waals surface area contributed by atoms with E-state index in [1.807, 2.05) is 4.90 Å². The summed E-state index contributed by atoms with van der Waals surface area (Å²) in [5, 5.41) is 2.11. The summed E-state index contributed by atoms with van der Waals surface area (Å²) in [7, 11) is 0. The van der Waals surface area contributed by atoms with Gasteiger partial charge in [-0.05, 0) is 73.2 Å². The summed E-state index contributed by atoms with van der Waals surface area (Å²) in [6.07, 6.45) is 5.02. The zero-order chi connectivity index (χ0) is 21.4. The molecule has 1 aliphatic heterocycles. The van der Waals surface area contributed by atoms with Crippen LogP contribution in [-0.4, -0.2) is 58.5 Å². The van der Waals surface area contributed by atoms with Gasteiger partial charge in [0, 0.05) is 31.6 Å². The van der Waals surface area contributed by atoms with Gasteiger partial charge in [-0.3, -0.25) is 9.59 Å². The maximum absolute atomic E-state index is 12.8. The number of fused-ring (bicyclic) bond motifs is 2. The molecule has 3 aromatic rings. The Kier molecular flexibility index (Phi) is 5.44. The van der Waals surface area contributed by atoms with Crippen molar-refractivity contribution in [1.82, 2.24) is 14.8 Å². The van der Waals surface area contributed by atoms with Crippen molar-refractivity contribution < 1.29 is 14.0 Å². The molecule has 7 heteroatoms. The Morgan fingerprint density at radius 2 is 1.81 bits per heavy atom. The Morgan fingerprint density at radius 3 is 2.55 bits per heavy atom. The van der Waals surface area contributed by atoms with Crippen LogP contribution in [0.4, 0.5) is 0 Å². The Hall–Kier alpha value is -2.80. The van der Waals surface area contributed by atoms with E-state index >= 15 is 0 Å². The van der Waals surface area contributed by atoms with E-state index in [1.54, 1.807) is 17.0 Å². The van der Waals surface area contributed by atoms with Crippen LogP contribution in [0.25, 0.3) is 10.9 Å². The van der Waals surface area contributed by atoms with E-state index in [0.717, 1.165) is 28.9 Å². The minimum absolute atomic E-state index is 0.0883. The van der Waals surface area contributed by atoms with Gasteiger partial charge in [-0.1, -0.05) is 11.8 Å². The molecule has 2 aliphatic rings. The van der Waals surface area contributed by atoms with Crippen LogP contribution in [-0.2, 0) is 17.6 Å². The number of carbonyl (C=O) groups is 2. The Labute approximate surface area is 185 Å². The molecule has 1 saturated heterocycles. The van der Waals surface area contributed by atoms with Gasteiger partial charge in [0.15, 0.2) is 5.76 Å². The highest BCUT2D eigenvalue weighted by atomic mass is 32.2. The van der Waals surface area contributed by atoms with Crippen LogP contribution in [0, 0.1) is 6.92 Å². The van der Waals surface area contributed by atoms with Gasteiger partial charge in [-0.15, -0.1) is 0 Å². The van der Waals surface area contributed by atoms with Crippen LogP contribution in [0.15, 0.2) is 46.0 Å². The second kappa shape index (κ2) is 8.38. The number of aromatic nitrogens is 1. The van der Waals surface area contributed by atoms with E-state index in [4.69, 9.17) is 9.40 Å². The molecule has 0 atom stereocenters. The number of furan rings is 1. The van der Waals surface area contributed by atoms with Gasteiger partial charge in [0.1, 0.15) is 5.03 Å². The first kappa shape index (κ1) is 20.1. The number of rotatable bonds is 4. The lowest BCUT2D eigenvalue weighted by Gasteiger charge is -2.34. The SMILES string of the molecule is Cc1cc2cc3c(cc2nc1SCC(=O)N1CCN(C(=O)c2ccco2)CC1)CCC3. The molecule has 1 aromatic carbocycles. The molecule has 5 rings (SSSR count). The molecule has 31 heavy (non-hydrogen) atoms. The van der Waals surface area contributed by atoms with Crippen LogP contribution in [0.1, 0.15) is 33.7 Å². The van der Waals surface area contributed by atoms with E-state index < -0.39 is 0 Å². The quantitative estimate of drug-likeness (QED) is 0.585. The number of nitrogens with zero attached hydrogens (tertiary/aromatic N) is 3. The standard InChI is InChI=1S/C24H25N3O3S/c1-16-12-19-13-17-4-2-5-18(17)14-20(19)25-23(16)31-15-22(28)26-7-9-27(10-8-26)24(29)21-6-3-11-30-21/h3,6,11-14H,2,4-5,7-10,15H2,1H3. The fourth-order valence-electron chi connectivity index (χ4n) is 4.42. The second-order valence-corrected chi connectivity index (χ2v) is 9.18. The molecule has 2 aromatic heterocycles. The van der Waals surface area contributed by atoms with Crippen molar-refractivity contribution in [3.63, 3.8) is 0 Å². The summed E-state index contributed by atoms with van der Waals surface area (Å²) in [6.45, 7) is 4.19. The highest BCUT2D eigenvalue weighted by molar-refractivity contribution is 7.99. The first-order chi connectivity index (χ1) is 15.1. The van der Waals surface area contributed by atoms with Crippen molar-refractivity contribution in [2.75, 3.05) is 31.9 Å². The summed E-state index contributed by atoms with van der Waals surface area (Å²) in [5.41, 5.74) is 5.00. The van der Waals surface area contributed by atoms with Gasteiger partial charge < -0.3 is 14.2 Å². The zero-order valence-electron chi connectivity index (χ0n) is 17.6. The average Bonchev–Trinajstić information content (AvgIpc) is 3.47. The number of piperazine rings is 1. The molecule has 1 fully saturated rings. The lowest BCUT2D eigenvalue weighted by Crippen LogP contribution is -2.51. The molecule has 6 nitrogen and oxygen atoms in total. The normalized spacial score (nSPS) is 16.0. The number of amides is 2. The maximum atomic E-state index is 12.8. The molecule has 0 bridgehead atoms. The second-order valence-electron chi connectivity index (χ2n) is 8.22. The molecule has 0 unspecified atom stereocenters. The van der Waals surface area contributed by atoms with Crippen molar-refractivity contribution in [1.29, 1.82) is 0 Å². The predicted octanol–water partition coefficient (Wildman–Crippen LogP) is 3.70. The van der Waals surface area contributed by atoms with Gasteiger partial charge in [0.05, 0.1) is 17.5 Å². The van der Waals surface area contributed by atoms with E-state index in [9.17, 15) is 9.59 Å². The monoisotopic (exact) mass is 435 g/mol. The highest BCUT2D eigenvalue weighted by Crippen LogP contribution is 2.30. The van der Waals surface area contributed by atoms with Crippen molar-refractivity contribution in [2.45, 2.75) is 31.2 Å². The largest absolute Gasteiger partial charge is 0.459 e. The van der Waals surface area contributed by atoms with E-state index in [0.29, 0.717) is 37.7 Å². The molecule has 0 spiro atoms. The summed E-state index contributed by atoms with van der Waals surface area (Å²) in [4.78, 5) is 33.6. The van der Waals surface area contributed by atoms with Crippen molar-refractivity contribution in [2.24, 2.45) is 0 Å². The van der Waals surface area contributed by atoms with Gasteiger partial charge in [-0.2, -0.15) is 0 Å². The third-order valence-corrected chi connectivity index (χ3v) is 7.23. The summed E-state index contributed by atoms with van der Waals surface area (Å²) in [5.74, 6) is 0.675. The minimum Gasteiger partial charge on any atom is -0.459 e. The number of hydrogen-bond donors (Lipinski definition) is 0. The van der Waals surface area contributed by atoms with Gasteiger partial charge in [0.2, 0.25) is 5.91 Å². The topological polar surface area (TPSA) is 66.7 Å². The molecule has 3 heterocycles. The third-order valence-electron chi connectivity index (χ3n) is 6.16. The molecule has 2 amide bonds. The molecule has 0 radical (unpaired) electrons. The molecule has 160 valence electrons. The van der Waals surface area contributed by atoms with E-state index in [-0.39, 0.29) is 11.8 Å². The fraction of sp³-hybridized carbons (Fsp3) is 0.375. The van der Waals surface area contributed by atoms with Crippen LogP contribution >= 0.6 is 11.8 Å². The molecule has 0 saturated carbocycles. The van der Waals surface area contributed by atoms with Crippen LogP contribution < -0.4 is 0 Å². The number of thioether (sulfide) groups is 1. The Bertz CT molecular complexity index is 1130. The van der Waals surface area contributed by atoms with Crippen LogP contribution in [0.5, 0.6) is 0 Å². The first-order valence-corrected chi connectivity index (χ1v) is 11.7. The van der Waals surface area contributed by atoms with Gasteiger partial charge >= 0.3 is 0 Å². The summed E-state index contributed by atoms with van der Waals surface area (Å²) >= 11 is 1.50. The zero-order valence-corrected chi connectivity index (χ0v) is 18.4. The van der Waals surface area contributed by atoms with E-state index in [2.05, 4.69) is 25.1 Å². The average molecular weight is 436 g/mol. The molecular weight excluding hydrogens is 410 g/mol. The molecule has 1 aliphatic carbocycles. The smallest absolute Gasteiger partial charge is 0.289 e. The first-order valence-electron chi connectivity index (χ1n) is 10.7. The molecular formula is C24H25N3O3S. The van der Waals surface area contributed by atoms with Crippen molar-refractivity contribution in [3.05, 3.63) is 59.0 Å². The fourth-order valence-corrected chi connectivity index (χ4v) is 5.31. The summed E-state index contributed by atoms with van der Waals surface area (Å²) < 4.78 is 5.19. The van der Waals surface area contributed by atoms with Gasteiger partial charge in [0.25, 0.3) is 5.91 Å². The number of carbonyl (C=O) groups excluding carboxylic acids is 2. The number of benzene rings is 1. The third kappa shape index (κ3) is 4.06. The summed E-state index contributed by atoms with van der Waals surface area (Å²) in [6, 6.07) is 10.1. The van der Waals surface area contributed by atoms with Crippen LogP contribution in [0.2, 0.25) is 0 Å². The highest BCUT2D eigenvalue weighted by Gasteiger charge is 2.26. The lowest BCUT2D eigenvalue weighted by atomic mass is 10.1. The van der Waals surface area contributed by atoms with Crippen LogP contribution in [0.3, 0.4) is 0 Å². The van der Waals surface area contributed by atoms with Crippen molar-refractivity contribution >= 4 is 34.5 Å². The van der Waals surface area contributed by atoms with Crippen molar-refractivity contribution in [3.8, 4) is 0 Å². The number of aryl methyl sites for hydroxylation is 3. The van der Waals surface area contributed by atoms with Gasteiger partial charge in [-0.25, -0.2) is 4.98 Å². The number of hydrogen-bond acceptors (Lipinski definition) is 5. The Balaban J connectivity index is 1.20. The molecule has 0 N–H and O–H groups in total.